The Kier molecular flexibility index (Phi) is 8.22. The van der Waals surface area contributed by atoms with Gasteiger partial charge in [-0.3, -0.25) is 19.1 Å². The summed E-state index contributed by atoms with van der Waals surface area (Å²) in [6.07, 6.45) is -3.91. The number of nitrogens with one attached hydrogen (secondary N) is 2. The predicted molar refractivity (Wildman–Crippen MR) is 89.4 cm³/mol. The quantitative estimate of drug-likeness (QED) is 0.490. The maximum Gasteiger partial charge on any atom is 0.522 e. The SMILES string of the molecule is CC[C@@H](O)C(=O)N[C@H](CC1(C)CC1)C(=O)N[C@@H](CC)C(=O)COC(F)(F)F. The summed E-state index contributed by atoms with van der Waals surface area (Å²) in [5, 5.41) is 14.5. The molecule has 0 unspecified atom stereocenters. The molecule has 1 saturated carbocycles. The van der Waals surface area contributed by atoms with E-state index in [4.69, 9.17) is 0 Å². The zero-order valence-corrected chi connectivity index (χ0v) is 15.7. The van der Waals surface area contributed by atoms with Crippen LogP contribution in [0.3, 0.4) is 0 Å². The van der Waals surface area contributed by atoms with Crippen LogP contribution in [0.1, 0.15) is 52.9 Å². The number of amides is 2. The van der Waals surface area contributed by atoms with Crippen LogP contribution < -0.4 is 10.6 Å². The van der Waals surface area contributed by atoms with Crippen molar-refractivity contribution in [3.8, 4) is 0 Å². The molecule has 0 aromatic heterocycles. The third-order valence-electron chi connectivity index (χ3n) is 4.61. The minimum absolute atomic E-state index is 0.0707. The Morgan fingerprint density at radius 1 is 1.07 bits per heavy atom. The standard InChI is InChI=1S/C17H27F3N2O5/c1-4-10(13(24)9-27-17(18,19)20)21-14(25)11(8-16(3)6-7-16)22-15(26)12(23)5-2/h10-12,23H,4-9H2,1-3H3,(H,21,25)(H,22,26)/t10-,11+,12+/m0/s1. The highest BCUT2D eigenvalue weighted by atomic mass is 19.4. The summed E-state index contributed by atoms with van der Waals surface area (Å²) < 4.78 is 39.8. The second-order valence-electron chi connectivity index (χ2n) is 7.17. The van der Waals surface area contributed by atoms with E-state index in [-0.39, 0.29) is 18.3 Å². The fraction of sp³-hybridized carbons (Fsp3) is 0.824. The third kappa shape index (κ3) is 8.25. The van der Waals surface area contributed by atoms with E-state index in [0.717, 1.165) is 12.8 Å². The second-order valence-corrected chi connectivity index (χ2v) is 7.17. The summed E-state index contributed by atoms with van der Waals surface area (Å²) in [5.41, 5.74) is -0.127. The average Bonchev–Trinajstić information content (AvgIpc) is 3.32. The molecule has 0 heterocycles. The summed E-state index contributed by atoms with van der Waals surface area (Å²) >= 11 is 0. The van der Waals surface area contributed by atoms with Crippen molar-refractivity contribution < 1.29 is 37.4 Å². The number of aliphatic hydroxyl groups is 1. The van der Waals surface area contributed by atoms with Crippen molar-refractivity contribution in [2.75, 3.05) is 6.61 Å². The first-order valence-corrected chi connectivity index (χ1v) is 8.93. The van der Waals surface area contributed by atoms with Crippen LogP contribution in [-0.2, 0) is 19.1 Å². The van der Waals surface area contributed by atoms with Crippen molar-refractivity contribution in [1.29, 1.82) is 0 Å². The van der Waals surface area contributed by atoms with Crippen LogP contribution in [0.5, 0.6) is 0 Å². The highest BCUT2D eigenvalue weighted by molar-refractivity contribution is 5.93. The molecule has 0 spiro atoms. The molecule has 3 atom stereocenters. The van der Waals surface area contributed by atoms with E-state index in [9.17, 15) is 32.7 Å². The van der Waals surface area contributed by atoms with Gasteiger partial charge < -0.3 is 15.7 Å². The van der Waals surface area contributed by atoms with E-state index in [1.165, 1.54) is 6.92 Å². The number of hydrogen-bond acceptors (Lipinski definition) is 5. The molecule has 0 radical (unpaired) electrons. The fourth-order valence-electron chi connectivity index (χ4n) is 2.51. The van der Waals surface area contributed by atoms with Gasteiger partial charge >= 0.3 is 6.36 Å². The molecule has 3 N–H and O–H groups in total. The minimum atomic E-state index is -4.94. The molecule has 1 rings (SSSR count). The van der Waals surface area contributed by atoms with Gasteiger partial charge in [0.15, 0.2) is 5.78 Å². The summed E-state index contributed by atoms with van der Waals surface area (Å²) in [6.45, 7) is 3.88. The van der Waals surface area contributed by atoms with E-state index in [0.29, 0.717) is 6.42 Å². The number of aliphatic hydroxyl groups excluding tert-OH is 1. The Labute approximate surface area is 156 Å². The Bertz CT molecular complexity index is 549. The summed E-state index contributed by atoms with van der Waals surface area (Å²) in [6, 6.07) is -2.15. The largest absolute Gasteiger partial charge is 0.522 e. The van der Waals surface area contributed by atoms with Gasteiger partial charge in [-0.2, -0.15) is 0 Å². The van der Waals surface area contributed by atoms with Crippen LogP contribution in [0.2, 0.25) is 0 Å². The van der Waals surface area contributed by atoms with Gasteiger partial charge in [-0.15, -0.1) is 13.2 Å². The van der Waals surface area contributed by atoms with Crippen molar-refractivity contribution >= 4 is 17.6 Å². The van der Waals surface area contributed by atoms with Crippen LogP contribution >= 0.6 is 0 Å². The van der Waals surface area contributed by atoms with Gasteiger partial charge in [0, 0.05) is 0 Å². The summed E-state index contributed by atoms with van der Waals surface area (Å²) in [4.78, 5) is 36.4. The first-order valence-electron chi connectivity index (χ1n) is 8.93. The van der Waals surface area contributed by atoms with Crippen LogP contribution in [0, 0.1) is 5.41 Å². The van der Waals surface area contributed by atoms with Crippen LogP contribution in [0.4, 0.5) is 13.2 Å². The Hall–Kier alpha value is -1.68. The molecule has 2 amide bonds. The number of alkyl halides is 3. The van der Waals surface area contributed by atoms with Crippen LogP contribution in [0.25, 0.3) is 0 Å². The number of ketones is 1. The Morgan fingerprint density at radius 3 is 2.07 bits per heavy atom. The Morgan fingerprint density at radius 2 is 1.63 bits per heavy atom. The van der Waals surface area contributed by atoms with Gasteiger partial charge in [0.1, 0.15) is 18.8 Å². The maximum absolute atomic E-state index is 12.5. The lowest BCUT2D eigenvalue weighted by Gasteiger charge is -2.25. The highest BCUT2D eigenvalue weighted by Gasteiger charge is 2.42. The molecule has 1 aliphatic rings. The zero-order chi connectivity index (χ0) is 20.8. The van der Waals surface area contributed by atoms with Gasteiger partial charge in [-0.1, -0.05) is 20.8 Å². The van der Waals surface area contributed by atoms with Crippen molar-refractivity contribution in [2.45, 2.75) is 77.4 Å². The molecule has 1 aliphatic carbocycles. The van der Waals surface area contributed by atoms with Crippen molar-refractivity contribution in [3.05, 3.63) is 0 Å². The maximum atomic E-state index is 12.5. The van der Waals surface area contributed by atoms with Gasteiger partial charge in [0.05, 0.1) is 6.04 Å². The molecule has 0 aromatic rings. The van der Waals surface area contributed by atoms with E-state index >= 15 is 0 Å². The summed E-state index contributed by atoms with van der Waals surface area (Å²) in [5.74, 6) is -2.30. The van der Waals surface area contributed by atoms with Gasteiger partial charge in [0.25, 0.3) is 0 Å². The number of rotatable bonds is 11. The van der Waals surface area contributed by atoms with E-state index in [1.807, 2.05) is 6.92 Å². The van der Waals surface area contributed by atoms with E-state index < -0.39 is 48.8 Å². The van der Waals surface area contributed by atoms with Crippen molar-refractivity contribution in [1.82, 2.24) is 10.6 Å². The van der Waals surface area contributed by atoms with Crippen LogP contribution in [-0.4, -0.2) is 53.9 Å². The lowest BCUT2D eigenvalue weighted by atomic mass is 9.97. The first-order chi connectivity index (χ1) is 12.4. The molecule has 0 saturated heterocycles. The number of carbonyl (C=O) groups is 3. The molecule has 7 nitrogen and oxygen atoms in total. The zero-order valence-electron chi connectivity index (χ0n) is 15.7. The van der Waals surface area contributed by atoms with Crippen molar-refractivity contribution in [3.63, 3.8) is 0 Å². The van der Waals surface area contributed by atoms with Gasteiger partial charge in [-0.25, -0.2) is 0 Å². The lowest BCUT2D eigenvalue weighted by molar-refractivity contribution is -0.321. The third-order valence-corrected chi connectivity index (χ3v) is 4.61. The lowest BCUT2D eigenvalue weighted by Crippen LogP contribution is -2.54. The average molecular weight is 396 g/mol. The smallest absolute Gasteiger partial charge is 0.383 e. The molecule has 0 aliphatic heterocycles. The number of hydrogen-bond donors (Lipinski definition) is 3. The fourth-order valence-corrected chi connectivity index (χ4v) is 2.51. The number of ether oxygens (including phenoxy) is 1. The number of carbonyl (C=O) groups excluding carboxylic acids is 3. The minimum Gasteiger partial charge on any atom is -0.383 e. The molecule has 27 heavy (non-hydrogen) atoms. The first kappa shape index (κ1) is 23.4. The molecule has 0 bridgehead atoms. The molecular weight excluding hydrogens is 369 g/mol. The molecule has 156 valence electrons. The van der Waals surface area contributed by atoms with Gasteiger partial charge in [0.2, 0.25) is 11.8 Å². The highest BCUT2D eigenvalue weighted by Crippen LogP contribution is 2.48. The number of Topliss-reactive ketones (excluding diaryl/α,β-unsaturated/α-hetero) is 1. The van der Waals surface area contributed by atoms with Crippen LogP contribution in [0.15, 0.2) is 0 Å². The monoisotopic (exact) mass is 396 g/mol. The number of halogens is 3. The van der Waals surface area contributed by atoms with E-state index in [1.54, 1.807) is 6.92 Å². The predicted octanol–water partition coefficient (Wildman–Crippen LogP) is 1.43. The normalized spacial score (nSPS) is 18.9. The molecular formula is C17H27F3N2O5. The van der Waals surface area contributed by atoms with Crippen molar-refractivity contribution in [2.24, 2.45) is 5.41 Å². The molecule has 10 heteroatoms. The van der Waals surface area contributed by atoms with E-state index in [2.05, 4.69) is 15.4 Å². The molecule has 1 fully saturated rings. The Balaban J connectivity index is 2.74. The van der Waals surface area contributed by atoms with Gasteiger partial charge in [-0.05, 0) is 37.5 Å². The second kappa shape index (κ2) is 9.50. The summed E-state index contributed by atoms with van der Waals surface area (Å²) in [7, 11) is 0. The topological polar surface area (TPSA) is 105 Å². The molecule has 0 aromatic carbocycles.